The van der Waals surface area contributed by atoms with Crippen LogP contribution in [0.15, 0.2) is 0 Å². The molecule has 0 aromatic carbocycles. The molecule has 0 spiro atoms. The summed E-state index contributed by atoms with van der Waals surface area (Å²) in [5, 5.41) is 220. The van der Waals surface area contributed by atoms with Gasteiger partial charge in [-0.15, -0.1) is 0 Å². The van der Waals surface area contributed by atoms with E-state index in [1.54, 1.807) is 0 Å². The van der Waals surface area contributed by atoms with Crippen molar-refractivity contribution in [2.24, 2.45) is 0 Å². The van der Waals surface area contributed by atoms with E-state index in [4.69, 9.17) is 61.6 Å². The van der Waals surface area contributed by atoms with Crippen LogP contribution in [0.3, 0.4) is 0 Å². The third-order valence-electron chi connectivity index (χ3n) is 15.2. The van der Waals surface area contributed by atoms with E-state index in [0.29, 0.717) is 0 Å². The lowest BCUT2D eigenvalue weighted by Crippen LogP contribution is -2.70. The van der Waals surface area contributed by atoms with Gasteiger partial charge in [0.2, 0.25) is 11.8 Å². The Balaban J connectivity index is 1.14. The second kappa shape index (κ2) is 29.3. The van der Waals surface area contributed by atoms with E-state index in [1.807, 2.05) is 0 Å². The number of carbonyl (C=O) groups is 2. The van der Waals surface area contributed by atoms with E-state index < -0.39 is 266 Å². The second-order valence-corrected chi connectivity index (χ2v) is 21.1. The van der Waals surface area contributed by atoms with Crippen molar-refractivity contribution in [3.05, 3.63) is 0 Å². The molecule has 7 heterocycles. The summed E-state index contributed by atoms with van der Waals surface area (Å²) in [4.78, 5) is 25.0. The van der Waals surface area contributed by atoms with Crippen molar-refractivity contribution >= 4 is 11.8 Å². The van der Waals surface area contributed by atoms with Crippen LogP contribution in [0.4, 0.5) is 0 Å². The van der Waals surface area contributed by atoms with Gasteiger partial charge in [0.15, 0.2) is 44.0 Å². The van der Waals surface area contributed by atoms with Crippen molar-refractivity contribution in [3.8, 4) is 0 Å². The molecule has 37 nitrogen and oxygen atoms in total. The lowest BCUT2D eigenvalue weighted by atomic mass is 9.94. The highest BCUT2D eigenvalue weighted by atomic mass is 16.8. The largest absolute Gasteiger partial charge is 0.394 e. The zero-order valence-corrected chi connectivity index (χ0v) is 44.5. The van der Waals surface area contributed by atoms with Gasteiger partial charge in [0.05, 0.1) is 45.7 Å². The predicted molar refractivity (Wildman–Crippen MR) is 254 cm³/mol. The Kier molecular flexibility index (Phi) is 24.0. The fourth-order valence-corrected chi connectivity index (χ4v) is 10.4. The minimum atomic E-state index is -2.34. The summed E-state index contributed by atoms with van der Waals surface area (Å²) in [6.07, 6.45) is -62.5. The maximum atomic E-state index is 12.8. The highest BCUT2D eigenvalue weighted by Gasteiger charge is 2.57. The number of nitrogens with one attached hydrogen (secondary N) is 2. The molecular formula is C46H78N2O35. The smallest absolute Gasteiger partial charge is 0.217 e. The molecule has 482 valence electrons. The van der Waals surface area contributed by atoms with E-state index in [1.165, 1.54) is 6.92 Å². The van der Waals surface area contributed by atoms with Crippen LogP contribution in [0.5, 0.6) is 0 Å². The first kappa shape index (κ1) is 68.1. The number of hydrogen-bond donors (Lipinski definition) is 22. The van der Waals surface area contributed by atoms with Gasteiger partial charge >= 0.3 is 0 Å². The lowest BCUT2D eigenvalue weighted by molar-refractivity contribution is -0.386. The molecule has 7 aliphatic heterocycles. The Morgan fingerprint density at radius 2 is 0.687 bits per heavy atom. The molecular weight excluding hydrogens is 1140 g/mol. The SMILES string of the molecule is CC(=O)N[C@@H]1[C@@H](O)[C@H](O[C@@H]2O[C@H](CO)[C@@H](O[C@@H]3O[C@H](CO[C@H]4O[C@H](CO)[C@@H](O)[C@H](O)[C@@H]4O)[C@@H](O)[C@H](O[C@H]4O[C@H](CO[C@H]5O[C@H](CO)[C@@H](O)[C@H](O)[C@@H]5O)[C@@H](O)[C@H](O)[C@@H]4O)[C@@H]3O)[C@H](O)[C@H]2NC(C)=O)[C@@H](CO[C@@H]2O[C@@H](C)[C@@H](O)[C@@H](O)[C@@H]2O)O[C@H]1O. The van der Waals surface area contributed by atoms with Gasteiger partial charge in [-0.3, -0.25) is 9.59 Å². The Labute approximate surface area is 470 Å². The predicted octanol–water partition coefficient (Wildman–Crippen LogP) is -15.0. The fourth-order valence-electron chi connectivity index (χ4n) is 10.4. The third-order valence-corrected chi connectivity index (χ3v) is 15.2. The molecule has 37 heteroatoms. The van der Waals surface area contributed by atoms with Gasteiger partial charge in [-0.05, 0) is 6.92 Å². The van der Waals surface area contributed by atoms with Gasteiger partial charge in [0.25, 0.3) is 0 Å². The molecule has 7 fully saturated rings. The van der Waals surface area contributed by atoms with Gasteiger partial charge in [-0.2, -0.15) is 0 Å². The summed E-state index contributed by atoms with van der Waals surface area (Å²) in [6.45, 7) is -2.04. The van der Waals surface area contributed by atoms with Gasteiger partial charge in [0, 0.05) is 13.8 Å². The summed E-state index contributed by atoms with van der Waals surface area (Å²) >= 11 is 0. The van der Waals surface area contributed by atoms with E-state index in [-0.39, 0.29) is 0 Å². The Hall–Kier alpha value is -2.38. The first-order valence-electron chi connectivity index (χ1n) is 26.5. The minimum Gasteiger partial charge on any atom is -0.394 e. The fraction of sp³-hybridized carbons (Fsp3) is 0.957. The van der Waals surface area contributed by atoms with Crippen LogP contribution in [-0.4, -0.2) is 368 Å². The number of ether oxygens (including phenoxy) is 13. The minimum absolute atomic E-state index is 0.760. The first-order valence-corrected chi connectivity index (χ1v) is 26.5. The molecule has 0 bridgehead atoms. The average molecular weight is 1220 g/mol. The van der Waals surface area contributed by atoms with Crippen LogP contribution >= 0.6 is 0 Å². The standard InChI is InChI=1S/C46H78N2O35/c1-10-21(54)28(61)32(65)42(74-10)73-9-18-38(26(59)19(40(70)75-18)47-11(2)52)81-41-20(48-12(3)53)27(60)37(15(6-51)78-41)82-46-36(69)39(25(58)17(80-46)8-72-44-34(67)30(63)23(56)14(5-50)77-44)83-45-35(68)31(64)24(57)16(79-45)7-71-43-33(66)29(62)22(55)13(4-49)76-43/h10,13-46,49-51,54-70H,4-9H2,1-3H3,(H,47,52)(H,48,53)/t10-,13+,14+,15+,16+,17+,18+,19+,20+,21+,22+,23+,24+,25+,26+,27+,28+,29-,30-,31-,32-,33-,34-,35-,36-,37+,38+,39-,40+,41-,42+,43-,44-,45+,46-/m0/s1. The monoisotopic (exact) mass is 1220 g/mol. The van der Waals surface area contributed by atoms with E-state index in [0.717, 1.165) is 13.8 Å². The second-order valence-electron chi connectivity index (χ2n) is 21.1. The van der Waals surface area contributed by atoms with Gasteiger partial charge < -0.3 is 174 Å². The van der Waals surface area contributed by atoms with E-state index in [9.17, 15) is 112 Å². The van der Waals surface area contributed by atoms with Crippen LogP contribution in [-0.2, 0) is 71.2 Å². The molecule has 0 aliphatic carbocycles. The summed E-state index contributed by atoms with van der Waals surface area (Å²) in [5.74, 6) is -1.66. The van der Waals surface area contributed by atoms with Crippen LogP contribution in [0.25, 0.3) is 0 Å². The summed E-state index contributed by atoms with van der Waals surface area (Å²) < 4.78 is 74.3. The zero-order chi connectivity index (χ0) is 61.2. The van der Waals surface area contributed by atoms with Crippen molar-refractivity contribution < 1.29 is 173 Å². The molecule has 7 aliphatic rings. The molecule has 22 N–H and O–H groups in total. The molecule has 7 saturated heterocycles. The van der Waals surface area contributed by atoms with Crippen molar-refractivity contribution in [2.45, 2.75) is 236 Å². The van der Waals surface area contributed by atoms with Crippen molar-refractivity contribution in [1.82, 2.24) is 10.6 Å². The highest BCUT2D eigenvalue weighted by Crippen LogP contribution is 2.36. The normalized spacial score (nSPS) is 50.8. The number of carbonyl (C=O) groups excluding carboxylic acids is 2. The molecule has 83 heavy (non-hydrogen) atoms. The van der Waals surface area contributed by atoms with E-state index in [2.05, 4.69) is 10.6 Å². The average Bonchev–Trinajstić information content (AvgIpc) is 3.49. The molecule has 35 atom stereocenters. The Morgan fingerprint density at radius 3 is 1.18 bits per heavy atom. The number of aliphatic hydroxyl groups excluding tert-OH is 20. The Morgan fingerprint density at radius 1 is 0.337 bits per heavy atom. The number of aliphatic hydroxyl groups is 20. The number of hydrogen-bond acceptors (Lipinski definition) is 35. The van der Waals surface area contributed by atoms with Crippen molar-refractivity contribution in [1.29, 1.82) is 0 Å². The summed E-state index contributed by atoms with van der Waals surface area (Å²) in [7, 11) is 0. The maximum Gasteiger partial charge on any atom is 0.217 e. The molecule has 0 radical (unpaired) electrons. The zero-order valence-electron chi connectivity index (χ0n) is 44.5. The van der Waals surface area contributed by atoms with Gasteiger partial charge in [0.1, 0.15) is 165 Å². The quantitative estimate of drug-likeness (QED) is 0.0538. The maximum absolute atomic E-state index is 12.8. The van der Waals surface area contributed by atoms with Crippen molar-refractivity contribution in [2.75, 3.05) is 39.6 Å². The molecule has 0 aromatic rings. The van der Waals surface area contributed by atoms with Crippen LogP contribution in [0.2, 0.25) is 0 Å². The van der Waals surface area contributed by atoms with Crippen molar-refractivity contribution in [3.63, 3.8) is 0 Å². The highest BCUT2D eigenvalue weighted by molar-refractivity contribution is 5.73. The topological polar surface area (TPSA) is 583 Å². The summed E-state index contributed by atoms with van der Waals surface area (Å²) in [6, 6.07) is -3.50. The molecule has 2 amide bonds. The molecule has 7 rings (SSSR count). The third kappa shape index (κ3) is 15.0. The first-order chi connectivity index (χ1) is 39.1. The van der Waals surface area contributed by atoms with Gasteiger partial charge in [-0.1, -0.05) is 0 Å². The molecule has 0 unspecified atom stereocenters. The molecule has 0 aromatic heterocycles. The van der Waals surface area contributed by atoms with Gasteiger partial charge in [-0.25, -0.2) is 0 Å². The van der Waals surface area contributed by atoms with Crippen LogP contribution in [0, 0.1) is 0 Å². The number of amides is 2. The summed E-state index contributed by atoms with van der Waals surface area (Å²) in [5.41, 5.74) is 0. The molecule has 0 saturated carbocycles. The number of rotatable bonds is 20. The van der Waals surface area contributed by atoms with E-state index >= 15 is 0 Å². The van der Waals surface area contributed by atoms with Crippen LogP contribution < -0.4 is 10.6 Å². The Bertz CT molecular complexity index is 2040. The lowest BCUT2D eigenvalue weighted by Gasteiger charge is -2.50. The van der Waals surface area contributed by atoms with Crippen LogP contribution in [0.1, 0.15) is 20.8 Å².